The van der Waals surface area contributed by atoms with Crippen LogP contribution in [0.2, 0.25) is 0 Å². The van der Waals surface area contributed by atoms with Crippen molar-refractivity contribution in [2.75, 3.05) is 26.1 Å². The topological polar surface area (TPSA) is 47.6 Å². The number of benzene rings is 1. The van der Waals surface area contributed by atoms with Gasteiger partial charge in [-0.05, 0) is 41.6 Å². The zero-order chi connectivity index (χ0) is 13.7. The van der Waals surface area contributed by atoms with E-state index in [9.17, 15) is 9.18 Å². The maximum absolute atomic E-state index is 13.5. The van der Waals surface area contributed by atoms with Crippen molar-refractivity contribution in [1.82, 2.24) is 0 Å². The van der Waals surface area contributed by atoms with Crippen LogP contribution in [0.25, 0.3) is 0 Å². The van der Waals surface area contributed by atoms with E-state index in [1.807, 2.05) is 29.5 Å². The highest BCUT2D eigenvalue weighted by molar-refractivity contribution is 14.1. The number of halogens is 2. The molecule has 0 fully saturated rings. The molecule has 0 heterocycles. The highest BCUT2D eigenvalue weighted by Gasteiger charge is 2.16. The smallest absolute Gasteiger partial charge is 0.340 e. The van der Waals surface area contributed by atoms with Crippen LogP contribution in [0, 0.1) is 9.39 Å². The Morgan fingerprint density at radius 3 is 2.72 bits per heavy atom. The van der Waals surface area contributed by atoms with Crippen molar-refractivity contribution in [1.29, 1.82) is 0 Å². The first-order valence-electron chi connectivity index (χ1n) is 5.32. The molecule has 18 heavy (non-hydrogen) atoms. The molecule has 1 atom stereocenters. The Labute approximate surface area is 119 Å². The van der Waals surface area contributed by atoms with Gasteiger partial charge in [0.05, 0.1) is 25.0 Å². The molecule has 6 heteroatoms. The minimum absolute atomic E-state index is 0.0436. The number of hydrogen-bond donors (Lipinski definition) is 1. The van der Waals surface area contributed by atoms with Crippen LogP contribution < -0.4 is 5.32 Å². The predicted molar refractivity (Wildman–Crippen MR) is 75.4 cm³/mol. The van der Waals surface area contributed by atoms with Crippen LogP contribution in [0.15, 0.2) is 12.1 Å². The lowest BCUT2D eigenvalue weighted by Crippen LogP contribution is -2.22. The fourth-order valence-corrected chi connectivity index (χ4v) is 1.97. The molecule has 0 spiro atoms. The third kappa shape index (κ3) is 3.81. The van der Waals surface area contributed by atoms with Crippen molar-refractivity contribution in [2.24, 2.45) is 0 Å². The van der Waals surface area contributed by atoms with Gasteiger partial charge < -0.3 is 14.8 Å². The van der Waals surface area contributed by atoms with Gasteiger partial charge in [0.25, 0.3) is 0 Å². The Hall–Kier alpha value is -0.890. The molecule has 0 aromatic heterocycles. The van der Waals surface area contributed by atoms with Crippen LogP contribution in [0.1, 0.15) is 17.3 Å². The van der Waals surface area contributed by atoms with Crippen molar-refractivity contribution < 1.29 is 18.7 Å². The molecule has 0 bridgehead atoms. The van der Waals surface area contributed by atoms with E-state index in [1.54, 1.807) is 7.11 Å². The number of carbonyl (C=O) groups is 1. The Morgan fingerprint density at radius 2 is 2.17 bits per heavy atom. The number of anilines is 1. The molecule has 0 aliphatic rings. The lowest BCUT2D eigenvalue weighted by molar-refractivity contribution is 0.0601. The van der Waals surface area contributed by atoms with Gasteiger partial charge in [0, 0.05) is 16.7 Å². The van der Waals surface area contributed by atoms with Gasteiger partial charge in [0.15, 0.2) is 0 Å². The molecule has 0 saturated heterocycles. The summed E-state index contributed by atoms with van der Waals surface area (Å²) in [6, 6.07) is 2.71. The Morgan fingerprint density at radius 1 is 1.50 bits per heavy atom. The Bertz CT molecular complexity index is 440. The van der Waals surface area contributed by atoms with Crippen LogP contribution in [0.5, 0.6) is 0 Å². The van der Waals surface area contributed by atoms with Crippen molar-refractivity contribution in [3.8, 4) is 0 Å². The van der Waals surface area contributed by atoms with E-state index in [-0.39, 0.29) is 11.9 Å². The largest absolute Gasteiger partial charge is 0.465 e. The van der Waals surface area contributed by atoms with E-state index in [2.05, 4.69) is 10.1 Å². The number of nitrogens with one attached hydrogen (secondary N) is 1. The van der Waals surface area contributed by atoms with Gasteiger partial charge in [-0.3, -0.25) is 0 Å². The summed E-state index contributed by atoms with van der Waals surface area (Å²) < 4.78 is 23.6. The highest BCUT2D eigenvalue weighted by Crippen LogP contribution is 2.23. The summed E-state index contributed by atoms with van der Waals surface area (Å²) in [6.45, 7) is 2.33. The number of methoxy groups -OCH3 is 2. The van der Waals surface area contributed by atoms with Gasteiger partial charge in [-0.1, -0.05) is 0 Å². The summed E-state index contributed by atoms with van der Waals surface area (Å²) in [4.78, 5) is 11.6. The van der Waals surface area contributed by atoms with Crippen molar-refractivity contribution in [3.63, 3.8) is 0 Å². The molecule has 0 aliphatic carbocycles. The maximum Gasteiger partial charge on any atom is 0.340 e. The summed E-state index contributed by atoms with van der Waals surface area (Å²) in [7, 11) is 2.87. The normalized spacial score (nSPS) is 12.1. The number of hydrogen-bond acceptors (Lipinski definition) is 4. The van der Waals surface area contributed by atoms with Crippen LogP contribution >= 0.6 is 22.6 Å². The third-order valence-corrected chi connectivity index (χ3v) is 3.11. The number of ether oxygens (including phenoxy) is 2. The summed E-state index contributed by atoms with van der Waals surface area (Å²) in [6.07, 6.45) is 0. The molecule has 4 nitrogen and oxygen atoms in total. The zero-order valence-electron chi connectivity index (χ0n) is 10.4. The molecular formula is C12H15FINO3. The van der Waals surface area contributed by atoms with E-state index in [4.69, 9.17) is 4.74 Å². The standard InChI is InChI=1S/C12H15FINO3/c1-7(6-17-2)15-11-5-9(13)10(14)4-8(11)12(16)18-3/h4-5,7,15H,6H2,1-3H3/t7-/m0/s1. The lowest BCUT2D eigenvalue weighted by atomic mass is 10.1. The second-order valence-electron chi connectivity index (χ2n) is 3.80. The number of carbonyl (C=O) groups excluding carboxylic acids is 1. The molecular weight excluding hydrogens is 352 g/mol. The SMILES string of the molecule is COC[C@H](C)Nc1cc(F)c(I)cc1C(=O)OC. The van der Waals surface area contributed by atoms with Crippen LogP contribution in [-0.2, 0) is 9.47 Å². The minimum atomic E-state index is -0.500. The van der Waals surface area contributed by atoms with Gasteiger partial charge in [0.1, 0.15) is 5.82 Å². The molecule has 0 aliphatic heterocycles. The second kappa shape index (κ2) is 6.89. The van der Waals surface area contributed by atoms with Gasteiger partial charge in [-0.2, -0.15) is 0 Å². The fourth-order valence-electron chi connectivity index (χ4n) is 1.50. The van der Waals surface area contributed by atoms with Crippen molar-refractivity contribution in [2.45, 2.75) is 13.0 Å². The van der Waals surface area contributed by atoms with Gasteiger partial charge >= 0.3 is 5.97 Å². The van der Waals surface area contributed by atoms with Crippen molar-refractivity contribution >= 4 is 34.2 Å². The molecule has 1 aromatic carbocycles. The fraction of sp³-hybridized carbons (Fsp3) is 0.417. The summed E-state index contributed by atoms with van der Waals surface area (Å²) in [5.74, 6) is -0.879. The molecule has 0 amide bonds. The van der Waals surface area contributed by atoms with E-state index >= 15 is 0 Å². The first kappa shape index (κ1) is 15.2. The summed E-state index contributed by atoms with van der Waals surface area (Å²) >= 11 is 1.83. The van der Waals surface area contributed by atoms with E-state index in [1.165, 1.54) is 19.2 Å². The molecule has 100 valence electrons. The zero-order valence-corrected chi connectivity index (χ0v) is 12.6. The predicted octanol–water partition coefficient (Wildman–Crippen LogP) is 2.66. The monoisotopic (exact) mass is 367 g/mol. The number of rotatable bonds is 5. The minimum Gasteiger partial charge on any atom is -0.465 e. The molecule has 0 saturated carbocycles. The van der Waals surface area contributed by atoms with E-state index in [0.717, 1.165) is 0 Å². The maximum atomic E-state index is 13.5. The summed E-state index contributed by atoms with van der Waals surface area (Å²) in [5, 5.41) is 3.03. The van der Waals surface area contributed by atoms with Gasteiger partial charge in [-0.25, -0.2) is 9.18 Å². The average molecular weight is 367 g/mol. The van der Waals surface area contributed by atoms with Crippen LogP contribution in [0.4, 0.5) is 10.1 Å². The van der Waals surface area contributed by atoms with Gasteiger partial charge in [0.2, 0.25) is 0 Å². The first-order valence-corrected chi connectivity index (χ1v) is 6.40. The Balaban J connectivity index is 3.07. The highest BCUT2D eigenvalue weighted by atomic mass is 127. The summed E-state index contributed by atoms with van der Waals surface area (Å²) in [5.41, 5.74) is 0.718. The van der Waals surface area contributed by atoms with E-state index < -0.39 is 5.97 Å². The number of esters is 1. The molecule has 1 rings (SSSR count). The van der Waals surface area contributed by atoms with Crippen LogP contribution in [0.3, 0.4) is 0 Å². The third-order valence-electron chi connectivity index (χ3n) is 2.28. The van der Waals surface area contributed by atoms with E-state index in [0.29, 0.717) is 21.4 Å². The van der Waals surface area contributed by atoms with Gasteiger partial charge in [-0.15, -0.1) is 0 Å². The molecule has 1 aromatic rings. The van der Waals surface area contributed by atoms with Crippen LogP contribution in [-0.4, -0.2) is 32.8 Å². The average Bonchev–Trinajstić information content (AvgIpc) is 2.32. The Kier molecular flexibility index (Phi) is 5.80. The second-order valence-corrected chi connectivity index (χ2v) is 4.97. The lowest BCUT2D eigenvalue weighted by Gasteiger charge is -2.17. The quantitative estimate of drug-likeness (QED) is 0.642. The molecule has 1 N–H and O–H groups in total. The first-order chi connectivity index (χ1) is 8.49. The molecule has 0 unspecified atom stereocenters. The van der Waals surface area contributed by atoms with Crippen molar-refractivity contribution in [3.05, 3.63) is 27.1 Å². The molecule has 0 radical (unpaired) electrons.